The molecule has 25 heavy (non-hydrogen) atoms. The molecule has 1 aromatic heterocycles. The SMILES string of the molecule is O=S(=O)(c1ccc2c(c1)OCCCO2)N1CCC[C@H]1c1cccnc1. The summed E-state index contributed by atoms with van der Waals surface area (Å²) in [6, 6.07) is 8.46. The summed E-state index contributed by atoms with van der Waals surface area (Å²) >= 11 is 0. The van der Waals surface area contributed by atoms with Gasteiger partial charge in [0, 0.05) is 31.4 Å². The first-order valence-electron chi connectivity index (χ1n) is 8.48. The van der Waals surface area contributed by atoms with Gasteiger partial charge in [-0.1, -0.05) is 6.07 Å². The molecule has 2 aliphatic heterocycles. The predicted molar refractivity (Wildman–Crippen MR) is 92.2 cm³/mol. The number of hydrogen-bond acceptors (Lipinski definition) is 5. The number of ether oxygens (including phenoxy) is 2. The van der Waals surface area contributed by atoms with Crippen molar-refractivity contribution in [3.63, 3.8) is 0 Å². The van der Waals surface area contributed by atoms with Crippen LogP contribution in [0.2, 0.25) is 0 Å². The van der Waals surface area contributed by atoms with Gasteiger partial charge in [0.1, 0.15) is 0 Å². The summed E-state index contributed by atoms with van der Waals surface area (Å²) in [5.74, 6) is 1.09. The van der Waals surface area contributed by atoms with Crippen LogP contribution >= 0.6 is 0 Å². The molecule has 2 aromatic rings. The maximum absolute atomic E-state index is 13.2. The molecule has 1 saturated heterocycles. The normalized spacial score (nSPS) is 21.0. The first-order valence-corrected chi connectivity index (χ1v) is 9.92. The van der Waals surface area contributed by atoms with E-state index in [0.29, 0.717) is 31.3 Å². The third kappa shape index (κ3) is 3.09. The van der Waals surface area contributed by atoms with E-state index in [-0.39, 0.29) is 10.9 Å². The maximum Gasteiger partial charge on any atom is 0.243 e. The lowest BCUT2D eigenvalue weighted by Gasteiger charge is -2.24. The zero-order valence-electron chi connectivity index (χ0n) is 13.8. The van der Waals surface area contributed by atoms with Gasteiger partial charge >= 0.3 is 0 Å². The maximum atomic E-state index is 13.2. The van der Waals surface area contributed by atoms with Crippen LogP contribution in [0.3, 0.4) is 0 Å². The van der Waals surface area contributed by atoms with Gasteiger partial charge in [-0.3, -0.25) is 4.98 Å². The Morgan fingerprint density at radius 1 is 1.08 bits per heavy atom. The van der Waals surface area contributed by atoms with E-state index in [4.69, 9.17) is 9.47 Å². The third-order valence-corrected chi connectivity index (χ3v) is 6.50. The molecule has 2 aliphatic rings. The zero-order chi connectivity index (χ0) is 17.3. The van der Waals surface area contributed by atoms with Crippen LogP contribution in [0, 0.1) is 0 Å². The fraction of sp³-hybridized carbons (Fsp3) is 0.389. The molecule has 0 radical (unpaired) electrons. The second-order valence-electron chi connectivity index (χ2n) is 6.22. The molecule has 0 bridgehead atoms. The molecule has 0 saturated carbocycles. The molecule has 6 nitrogen and oxygen atoms in total. The Hall–Kier alpha value is -2.12. The number of fused-ring (bicyclic) bond motifs is 1. The average Bonchev–Trinajstić information content (AvgIpc) is 3.02. The summed E-state index contributed by atoms with van der Waals surface area (Å²) in [6.45, 7) is 1.61. The molecule has 0 amide bonds. The topological polar surface area (TPSA) is 68.7 Å². The van der Waals surface area contributed by atoms with Crippen LogP contribution in [0.4, 0.5) is 0 Å². The average molecular weight is 360 g/mol. The van der Waals surface area contributed by atoms with Crippen molar-refractivity contribution in [1.29, 1.82) is 0 Å². The lowest BCUT2D eigenvalue weighted by atomic mass is 10.1. The quantitative estimate of drug-likeness (QED) is 0.842. The van der Waals surface area contributed by atoms with Crippen LogP contribution in [0.25, 0.3) is 0 Å². The second-order valence-corrected chi connectivity index (χ2v) is 8.11. The lowest BCUT2D eigenvalue weighted by Crippen LogP contribution is -2.30. The number of nitrogens with zero attached hydrogens (tertiary/aromatic N) is 2. The number of hydrogen-bond donors (Lipinski definition) is 0. The molecule has 1 fully saturated rings. The Morgan fingerprint density at radius 2 is 1.92 bits per heavy atom. The van der Waals surface area contributed by atoms with Crippen molar-refractivity contribution < 1.29 is 17.9 Å². The second kappa shape index (κ2) is 6.65. The first kappa shape index (κ1) is 16.4. The van der Waals surface area contributed by atoms with Crippen LogP contribution in [0.1, 0.15) is 30.9 Å². The highest BCUT2D eigenvalue weighted by atomic mass is 32.2. The van der Waals surface area contributed by atoms with E-state index in [9.17, 15) is 8.42 Å². The van der Waals surface area contributed by atoms with Crippen LogP contribution in [-0.2, 0) is 10.0 Å². The largest absolute Gasteiger partial charge is 0.490 e. The molecule has 0 N–H and O–H groups in total. The summed E-state index contributed by atoms with van der Waals surface area (Å²) in [7, 11) is -3.61. The summed E-state index contributed by atoms with van der Waals surface area (Å²) in [6.07, 6.45) is 5.86. The van der Waals surface area contributed by atoms with Gasteiger partial charge in [0.15, 0.2) is 11.5 Å². The standard InChI is InChI=1S/C18H20N2O4S/c21-25(22,15-6-7-17-18(12-15)24-11-3-10-23-17)20-9-2-5-16(20)14-4-1-8-19-13-14/h1,4,6-8,12-13,16H,2-3,5,9-11H2/t16-/m0/s1. The zero-order valence-corrected chi connectivity index (χ0v) is 14.6. The Balaban J connectivity index is 1.68. The van der Waals surface area contributed by atoms with Crippen LogP contribution in [-0.4, -0.2) is 37.5 Å². The minimum Gasteiger partial charge on any atom is -0.490 e. The number of benzene rings is 1. The molecule has 0 unspecified atom stereocenters. The number of aromatic nitrogens is 1. The Kier molecular flexibility index (Phi) is 4.35. The van der Waals surface area contributed by atoms with Crippen LogP contribution in [0.15, 0.2) is 47.6 Å². The highest BCUT2D eigenvalue weighted by Crippen LogP contribution is 2.38. The predicted octanol–water partition coefficient (Wildman–Crippen LogP) is 2.77. The molecule has 1 atom stereocenters. The van der Waals surface area contributed by atoms with Gasteiger partial charge in [-0.15, -0.1) is 0 Å². The smallest absolute Gasteiger partial charge is 0.243 e. The summed E-state index contributed by atoms with van der Waals surface area (Å²) in [4.78, 5) is 4.37. The van der Waals surface area contributed by atoms with Crippen molar-refractivity contribution in [2.75, 3.05) is 19.8 Å². The highest BCUT2D eigenvalue weighted by Gasteiger charge is 2.36. The van der Waals surface area contributed by atoms with Gasteiger partial charge in [-0.25, -0.2) is 8.42 Å². The minimum atomic E-state index is -3.61. The Labute approximate surface area is 147 Å². The van der Waals surface area contributed by atoms with Gasteiger partial charge in [-0.05, 0) is 36.6 Å². The van der Waals surface area contributed by atoms with E-state index < -0.39 is 10.0 Å². The molecule has 0 spiro atoms. The minimum absolute atomic E-state index is 0.172. The van der Waals surface area contributed by atoms with Gasteiger partial charge in [0.05, 0.1) is 24.2 Å². The summed E-state index contributed by atoms with van der Waals surface area (Å²) in [5.41, 5.74) is 0.929. The monoisotopic (exact) mass is 360 g/mol. The van der Waals surface area contributed by atoms with Crippen molar-refractivity contribution in [2.45, 2.75) is 30.2 Å². The van der Waals surface area contributed by atoms with Gasteiger partial charge in [0.25, 0.3) is 0 Å². The van der Waals surface area contributed by atoms with Crippen molar-refractivity contribution >= 4 is 10.0 Å². The van der Waals surface area contributed by atoms with Gasteiger partial charge in [0.2, 0.25) is 10.0 Å². The molecule has 3 heterocycles. The van der Waals surface area contributed by atoms with Crippen molar-refractivity contribution in [1.82, 2.24) is 9.29 Å². The molecule has 132 valence electrons. The highest BCUT2D eigenvalue weighted by molar-refractivity contribution is 7.89. The summed E-state index contributed by atoms with van der Waals surface area (Å²) in [5, 5.41) is 0. The van der Waals surface area contributed by atoms with Crippen molar-refractivity contribution in [2.24, 2.45) is 0 Å². The first-order chi connectivity index (χ1) is 12.2. The van der Waals surface area contributed by atoms with E-state index in [1.807, 2.05) is 12.1 Å². The Morgan fingerprint density at radius 3 is 2.72 bits per heavy atom. The lowest BCUT2D eigenvalue weighted by molar-refractivity contribution is 0.296. The van der Waals surface area contributed by atoms with Gasteiger partial charge in [-0.2, -0.15) is 4.31 Å². The van der Waals surface area contributed by atoms with E-state index >= 15 is 0 Å². The van der Waals surface area contributed by atoms with Crippen LogP contribution < -0.4 is 9.47 Å². The van der Waals surface area contributed by atoms with Crippen LogP contribution in [0.5, 0.6) is 11.5 Å². The van der Waals surface area contributed by atoms with Crippen molar-refractivity contribution in [3.8, 4) is 11.5 Å². The molecule has 4 rings (SSSR count). The molecule has 7 heteroatoms. The number of rotatable bonds is 3. The number of sulfonamides is 1. The summed E-state index contributed by atoms with van der Waals surface area (Å²) < 4.78 is 39.2. The Bertz CT molecular complexity index is 855. The molecule has 1 aromatic carbocycles. The molecular formula is C18H20N2O4S. The van der Waals surface area contributed by atoms with E-state index in [0.717, 1.165) is 24.8 Å². The third-order valence-electron chi connectivity index (χ3n) is 4.60. The fourth-order valence-corrected chi connectivity index (χ4v) is 5.07. The molecular weight excluding hydrogens is 340 g/mol. The van der Waals surface area contributed by atoms with Gasteiger partial charge < -0.3 is 9.47 Å². The van der Waals surface area contributed by atoms with E-state index in [1.54, 1.807) is 34.9 Å². The molecule has 0 aliphatic carbocycles. The number of pyridine rings is 1. The van der Waals surface area contributed by atoms with E-state index in [2.05, 4.69) is 4.98 Å². The van der Waals surface area contributed by atoms with E-state index in [1.165, 1.54) is 0 Å². The van der Waals surface area contributed by atoms with Crippen molar-refractivity contribution in [3.05, 3.63) is 48.3 Å². The fourth-order valence-electron chi connectivity index (χ4n) is 3.37.